The van der Waals surface area contributed by atoms with Gasteiger partial charge in [-0.05, 0) is 19.9 Å². The van der Waals surface area contributed by atoms with Gasteiger partial charge in [-0.2, -0.15) is 0 Å². The number of hydrogen-bond acceptors (Lipinski definition) is 6. The highest BCUT2D eigenvalue weighted by Crippen LogP contribution is 2.24. The standard InChI is InChI=1S/C13H21N3O3S/c1-13(2,15-5-7-19-8-6-15)10-14-9-11-3-4-12(20-11)16(17)18/h3-4,14H,5-10H2,1-2H3. The van der Waals surface area contributed by atoms with Crippen LogP contribution in [0, 0.1) is 10.1 Å². The second kappa shape index (κ2) is 6.62. The first kappa shape index (κ1) is 15.4. The molecular weight excluding hydrogens is 278 g/mol. The number of ether oxygens (including phenoxy) is 1. The summed E-state index contributed by atoms with van der Waals surface area (Å²) in [6.07, 6.45) is 0. The second-order valence-electron chi connectivity index (χ2n) is 5.51. The molecule has 0 spiro atoms. The minimum absolute atomic E-state index is 0.0625. The van der Waals surface area contributed by atoms with Gasteiger partial charge in [0.1, 0.15) is 0 Å². The van der Waals surface area contributed by atoms with Crippen LogP contribution in [0.25, 0.3) is 0 Å². The van der Waals surface area contributed by atoms with Crippen LogP contribution in [0.3, 0.4) is 0 Å². The van der Waals surface area contributed by atoms with E-state index in [-0.39, 0.29) is 15.5 Å². The first-order valence-electron chi connectivity index (χ1n) is 6.76. The molecule has 1 N–H and O–H groups in total. The van der Waals surface area contributed by atoms with Crippen molar-refractivity contribution in [3.05, 3.63) is 27.1 Å². The molecule has 1 aliphatic rings. The summed E-state index contributed by atoms with van der Waals surface area (Å²) in [4.78, 5) is 13.7. The van der Waals surface area contributed by atoms with Crippen molar-refractivity contribution in [2.75, 3.05) is 32.8 Å². The summed E-state index contributed by atoms with van der Waals surface area (Å²) in [6, 6.07) is 3.38. The fraction of sp³-hybridized carbons (Fsp3) is 0.692. The van der Waals surface area contributed by atoms with Crippen molar-refractivity contribution in [3.8, 4) is 0 Å². The average Bonchev–Trinajstić information content (AvgIpc) is 2.89. The lowest BCUT2D eigenvalue weighted by molar-refractivity contribution is -0.380. The fourth-order valence-corrected chi connectivity index (χ4v) is 3.12. The molecule has 1 aliphatic heterocycles. The molecule has 1 aromatic rings. The lowest BCUT2D eigenvalue weighted by atomic mass is 10.0. The maximum atomic E-state index is 10.6. The summed E-state index contributed by atoms with van der Waals surface area (Å²) in [6.45, 7) is 9.44. The molecule has 112 valence electrons. The van der Waals surface area contributed by atoms with Crippen molar-refractivity contribution in [2.45, 2.75) is 25.9 Å². The minimum Gasteiger partial charge on any atom is -0.379 e. The molecule has 0 radical (unpaired) electrons. The number of thiophene rings is 1. The van der Waals surface area contributed by atoms with E-state index in [9.17, 15) is 10.1 Å². The predicted molar refractivity (Wildman–Crippen MR) is 79.2 cm³/mol. The Kier molecular flexibility index (Phi) is 5.09. The summed E-state index contributed by atoms with van der Waals surface area (Å²) >= 11 is 1.23. The number of nitrogens with zero attached hydrogens (tertiary/aromatic N) is 2. The lowest BCUT2D eigenvalue weighted by Crippen LogP contribution is -2.54. The van der Waals surface area contributed by atoms with Crippen LogP contribution in [0.15, 0.2) is 12.1 Å². The Balaban J connectivity index is 1.80. The molecule has 0 unspecified atom stereocenters. The molecule has 0 saturated carbocycles. The fourth-order valence-electron chi connectivity index (χ4n) is 2.33. The molecule has 7 heteroatoms. The molecule has 0 amide bonds. The average molecular weight is 299 g/mol. The Morgan fingerprint density at radius 3 is 2.75 bits per heavy atom. The molecule has 0 atom stereocenters. The number of morpholine rings is 1. The third-order valence-corrected chi connectivity index (χ3v) is 4.59. The largest absolute Gasteiger partial charge is 0.379 e. The third kappa shape index (κ3) is 3.99. The highest BCUT2D eigenvalue weighted by molar-refractivity contribution is 7.15. The number of rotatable bonds is 6. The lowest BCUT2D eigenvalue weighted by Gasteiger charge is -2.41. The van der Waals surface area contributed by atoms with Crippen molar-refractivity contribution in [2.24, 2.45) is 0 Å². The van der Waals surface area contributed by atoms with Gasteiger partial charge in [-0.3, -0.25) is 15.0 Å². The molecule has 0 bridgehead atoms. The van der Waals surface area contributed by atoms with Crippen molar-refractivity contribution < 1.29 is 9.66 Å². The van der Waals surface area contributed by atoms with Gasteiger partial charge in [0.15, 0.2) is 0 Å². The van der Waals surface area contributed by atoms with Gasteiger partial charge in [-0.25, -0.2) is 0 Å². The zero-order valence-corrected chi connectivity index (χ0v) is 12.7. The number of hydrogen-bond donors (Lipinski definition) is 1. The Labute approximate surface area is 122 Å². The molecule has 1 fully saturated rings. The molecular formula is C13H21N3O3S. The van der Waals surface area contributed by atoms with E-state index >= 15 is 0 Å². The summed E-state index contributed by atoms with van der Waals surface area (Å²) < 4.78 is 5.37. The van der Waals surface area contributed by atoms with Gasteiger partial charge in [-0.1, -0.05) is 11.3 Å². The SMILES string of the molecule is CC(C)(CNCc1ccc([N+](=O)[O-])s1)N1CCOCC1. The first-order chi connectivity index (χ1) is 9.49. The molecule has 6 nitrogen and oxygen atoms in total. The van der Waals surface area contributed by atoms with Crippen molar-refractivity contribution in [1.82, 2.24) is 10.2 Å². The van der Waals surface area contributed by atoms with Crippen LogP contribution in [0.5, 0.6) is 0 Å². The molecule has 1 aromatic heterocycles. The molecule has 0 aromatic carbocycles. The predicted octanol–water partition coefficient (Wildman–Crippen LogP) is 1.86. The summed E-state index contributed by atoms with van der Waals surface area (Å²) in [5.74, 6) is 0. The molecule has 0 aliphatic carbocycles. The van der Waals surface area contributed by atoms with Crippen LogP contribution >= 0.6 is 11.3 Å². The monoisotopic (exact) mass is 299 g/mol. The Morgan fingerprint density at radius 2 is 2.15 bits per heavy atom. The van der Waals surface area contributed by atoms with E-state index in [1.165, 1.54) is 11.3 Å². The smallest absolute Gasteiger partial charge is 0.324 e. The zero-order chi connectivity index (χ0) is 14.6. The van der Waals surface area contributed by atoms with E-state index in [0.29, 0.717) is 6.54 Å². The Bertz CT molecular complexity index is 455. The normalized spacial score (nSPS) is 17.3. The number of nitro groups is 1. The topological polar surface area (TPSA) is 67.6 Å². The Morgan fingerprint density at radius 1 is 1.45 bits per heavy atom. The van der Waals surface area contributed by atoms with Gasteiger partial charge in [-0.15, -0.1) is 0 Å². The first-order valence-corrected chi connectivity index (χ1v) is 7.57. The molecule has 2 rings (SSSR count). The van der Waals surface area contributed by atoms with E-state index in [4.69, 9.17) is 4.74 Å². The van der Waals surface area contributed by atoms with Gasteiger partial charge in [0.05, 0.1) is 18.1 Å². The second-order valence-corrected chi connectivity index (χ2v) is 6.66. The summed E-state index contributed by atoms with van der Waals surface area (Å²) in [5.41, 5.74) is 0.0625. The van der Waals surface area contributed by atoms with Crippen LogP contribution in [0.1, 0.15) is 18.7 Å². The van der Waals surface area contributed by atoms with Crippen molar-refractivity contribution in [1.29, 1.82) is 0 Å². The highest BCUT2D eigenvalue weighted by atomic mass is 32.1. The van der Waals surface area contributed by atoms with Crippen molar-refractivity contribution in [3.63, 3.8) is 0 Å². The van der Waals surface area contributed by atoms with E-state index in [1.54, 1.807) is 6.07 Å². The van der Waals surface area contributed by atoms with E-state index < -0.39 is 0 Å². The van der Waals surface area contributed by atoms with Gasteiger partial charge < -0.3 is 10.1 Å². The zero-order valence-electron chi connectivity index (χ0n) is 11.9. The van der Waals surface area contributed by atoms with Crippen molar-refractivity contribution >= 4 is 16.3 Å². The quantitative estimate of drug-likeness (QED) is 0.641. The van der Waals surface area contributed by atoms with E-state index in [0.717, 1.165) is 37.7 Å². The maximum absolute atomic E-state index is 10.6. The van der Waals surface area contributed by atoms with Crippen LogP contribution < -0.4 is 5.32 Å². The molecule has 20 heavy (non-hydrogen) atoms. The maximum Gasteiger partial charge on any atom is 0.324 e. The van der Waals surface area contributed by atoms with E-state index in [2.05, 4.69) is 24.1 Å². The molecule has 2 heterocycles. The molecule has 1 saturated heterocycles. The van der Waals surface area contributed by atoms with E-state index in [1.807, 2.05) is 6.07 Å². The van der Waals surface area contributed by atoms with Crippen LogP contribution in [0.2, 0.25) is 0 Å². The van der Waals surface area contributed by atoms with Gasteiger partial charge >= 0.3 is 5.00 Å². The summed E-state index contributed by atoms with van der Waals surface area (Å²) in [7, 11) is 0. The third-order valence-electron chi connectivity index (χ3n) is 3.55. The summed E-state index contributed by atoms with van der Waals surface area (Å²) in [5, 5.41) is 14.2. The van der Waals surface area contributed by atoms with Crippen LogP contribution in [-0.4, -0.2) is 48.2 Å². The van der Waals surface area contributed by atoms with Gasteiger partial charge in [0.25, 0.3) is 0 Å². The Hall–Kier alpha value is -1.02. The highest BCUT2D eigenvalue weighted by Gasteiger charge is 2.27. The van der Waals surface area contributed by atoms with Gasteiger partial charge in [0, 0.05) is 42.7 Å². The van der Waals surface area contributed by atoms with Gasteiger partial charge in [0.2, 0.25) is 0 Å². The number of nitrogens with one attached hydrogen (secondary N) is 1. The van der Waals surface area contributed by atoms with Crippen LogP contribution in [0.4, 0.5) is 5.00 Å². The minimum atomic E-state index is -0.341. The van der Waals surface area contributed by atoms with Crippen LogP contribution in [-0.2, 0) is 11.3 Å².